The van der Waals surface area contributed by atoms with Crippen molar-refractivity contribution in [2.75, 3.05) is 5.75 Å². The molecule has 1 aliphatic heterocycles. The molecule has 0 spiro atoms. The Hall–Kier alpha value is -0.160. The van der Waals surface area contributed by atoms with Crippen LogP contribution >= 0.6 is 23.5 Å². The molecule has 4 heteroatoms. The van der Waals surface area contributed by atoms with E-state index in [9.17, 15) is 0 Å². The van der Waals surface area contributed by atoms with E-state index < -0.39 is 0 Å². The first-order chi connectivity index (χ1) is 9.01. The van der Waals surface area contributed by atoms with E-state index >= 15 is 0 Å². The van der Waals surface area contributed by atoms with Crippen LogP contribution in [0, 0.1) is 13.8 Å². The van der Waals surface area contributed by atoms with Crippen molar-refractivity contribution in [1.82, 2.24) is 5.43 Å². The number of hydrazine groups is 1. The fourth-order valence-electron chi connectivity index (χ4n) is 2.59. The predicted octanol–water partition coefficient (Wildman–Crippen LogP) is 3.43. The van der Waals surface area contributed by atoms with Gasteiger partial charge in [-0.05, 0) is 19.4 Å². The van der Waals surface area contributed by atoms with Gasteiger partial charge in [-0.1, -0.05) is 43.2 Å². The standard InChI is InChI=1S/C15H24N2S2/c1-9-5-10(2)7-13(6-9)15(17-16)14-8-18-11(3)12(4)19-14/h5-7,11-12,14-15,17H,8,16H2,1-4H3. The minimum Gasteiger partial charge on any atom is -0.271 e. The monoisotopic (exact) mass is 296 g/mol. The van der Waals surface area contributed by atoms with Crippen molar-refractivity contribution in [2.24, 2.45) is 5.84 Å². The molecule has 3 N–H and O–H groups in total. The Morgan fingerprint density at radius 2 is 1.79 bits per heavy atom. The highest BCUT2D eigenvalue weighted by Crippen LogP contribution is 2.41. The third-order valence-corrected chi connectivity index (χ3v) is 7.22. The topological polar surface area (TPSA) is 38.0 Å². The lowest BCUT2D eigenvalue weighted by Crippen LogP contribution is -2.40. The van der Waals surface area contributed by atoms with E-state index in [4.69, 9.17) is 5.84 Å². The Kier molecular flexibility index (Phi) is 5.23. The van der Waals surface area contributed by atoms with Crippen LogP contribution in [0.2, 0.25) is 0 Å². The van der Waals surface area contributed by atoms with Gasteiger partial charge in [0.25, 0.3) is 0 Å². The van der Waals surface area contributed by atoms with E-state index in [1.165, 1.54) is 16.7 Å². The van der Waals surface area contributed by atoms with Crippen LogP contribution in [-0.4, -0.2) is 21.5 Å². The van der Waals surface area contributed by atoms with Crippen molar-refractivity contribution in [3.8, 4) is 0 Å². The largest absolute Gasteiger partial charge is 0.271 e. The summed E-state index contributed by atoms with van der Waals surface area (Å²) in [6, 6.07) is 6.97. The van der Waals surface area contributed by atoms with Gasteiger partial charge in [0.15, 0.2) is 0 Å². The number of rotatable bonds is 3. The molecule has 0 bridgehead atoms. The third-order valence-electron chi connectivity index (χ3n) is 3.73. The summed E-state index contributed by atoms with van der Waals surface area (Å²) in [7, 11) is 0. The van der Waals surface area contributed by atoms with Crippen molar-refractivity contribution in [3.63, 3.8) is 0 Å². The molecule has 4 atom stereocenters. The Bertz CT molecular complexity index is 416. The van der Waals surface area contributed by atoms with Crippen LogP contribution in [0.15, 0.2) is 18.2 Å². The summed E-state index contributed by atoms with van der Waals surface area (Å²) in [6.07, 6.45) is 0. The number of nitrogens with two attached hydrogens (primary N) is 1. The van der Waals surface area contributed by atoms with E-state index in [1.807, 2.05) is 0 Å². The van der Waals surface area contributed by atoms with Crippen LogP contribution in [0.3, 0.4) is 0 Å². The highest BCUT2D eigenvalue weighted by Gasteiger charge is 2.31. The van der Waals surface area contributed by atoms with Crippen molar-refractivity contribution >= 4 is 23.5 Å². The maximum Gasteiger partial charge on any atom is 0.0586 e. The average Bonchev–Trinajstić information content (AvgIpc) is 2.33. The first-order valence-electron chi connectivity index (χ1n) is 6.82. The molecule has 4 unspecified atom stereocenters. The highest BCUT2D eigenvalue weighted by atomic mass is 32.2. The van der Waals surface area contributed by atoms with Crippen molar-refractivity contribution in [3.05, 3.63) is 34.9 Å². The number of benzene rings is 1. The minimum absolute atomic E-state index is 0.242. The molecule has 1 heterocycles. The maximum absolute atomic E-state index is 5.84. The fraction of sp³-hybridized carbons (Fsp3) is 0.600. The predicted molar refractivity (Wildman–Crippen MR) is 88.7 cm³/mol. The molecular formula is C15H24N2S2. The van der Waals surface area contributed by atoms with E-state index in [1.54, 1.807) is 0 Å². The molecule has 19 heavy (non-hydrogen) atoms. The molecule has 106 valence electrons. The molecule has 0 aromatic heterocycles. The maximum atomic E-state index is 5.84. The molecular weight excluding hydrogens is 272 g/mol. The lowest BCUT2D eigenvalue weighted by atomic mass is 10.00. The quantitative estimate of drug-likeness (QED) is 0.662. The molecule has 1 saturated heterocycles. The van der Waals surface area contributed by atoms with Crippen LogP contribution in [0.25, 0.3) is 0 Å². The Morgan fingerprint density at radius 1 is 1.16 bits per heavy atom. The molecule has 0 saturated carbocycles. The van der Waals surface area contributed by atoms with Crippen LogP contribution in [0.1, 0.15) is 36.6 Å². The zero-order chi connectivity index (χ0) is 14.0. The SMILES string of the molecule is Cc1cc(C)cc(C(NN)C2CSC(C)C(C)S2)c1. The molecule has 1 aliphatic rings. The molecule has 1 fully saturated rings. The third kappa shape index (κ3) is 3.69. The number of hydrogen-bond acceptors (Lipinski definition) is 4. The molecule has 0 aliphatic carbocycles. The van der Waals surface area contributed by atoms with E-state index in [-0.39, 0.29) is 6.04 Å². The molecule has 0 radical (unpaired) electrons. The normalized spacial score (nSPS) is 29.2. The van der Waals surface area contributed by atoms with Crippen LogP contribution in [0.5, 0.6) is 0 Å². The van der Waals surface area contributed by atoms with Gasteiger partial charge in [0.2, 0.25) is 0 Å². The summed E-state index contributed by atoms with van der Waals surface area (Å²) >= 11 is 4.13. The second-order valence-electron chi connectivity index (χ2n) is 5.48. The fourth-order valence-corrected chi connectivity index (χ4v) is 5.69. The Balaban J connectivity index is 2.19. The van der Waals surface area contributed by atoms with E-state index in [2.05, 4.69) is 74.8 Å². The summed E-state index contributed by atoms with van der Waals surface area (Å²) in [5, 5.41) is 1.96. The molecule has 1 aromatic rings. The number of aryl methyl sites for hydroxylation is 2. The zero-order valence-corrected chi connectivity index (χ0v) is 13.8. The van der Waals surface area contributed by atoms with Crippen LogP contribution in [-0.2, 0) is 0 Å². The number of nitrogens with one attached hydrogen (secondary N) is 1. The number of thioether (sulfide) groups is 2. The van der Waals surface area contributed by atoms with Gasteiger partial charge in [0.05, 0.1) is 6.04 Å². The number of hydrogen-bond donors (Lipinski definition) is 2. The van der Waals surface area contributed by atoms with E-state index in [0.717, 1.165) is 11.0 Å². The van der Waals surface area contributed by atoms with Crippen LogP contribution in [0.4, 0.5) is 0 Å². The van der Waals surface area contributed by atoms with Crippen LogP contribution < -0.4 is 11.3 Å². The Morgan fingerprint density at radius 3 is 2.32 bits per heavy atom. The summed E-state index contributed by atoms with van der Waals surface area (Å²) in [5.41, 5.74) is 6.98. The van der Waals surface area contributed by atoms with Gasteiger partial charge in [0, 0.05) is 21.5 Å². The first-order valence-corrected chi connectivity index (χ1v) is 8.82. The average molecular weight is 297 g/mol. The lowest BCUT2D eigenvalue weighted by Gasteiger charge is -2.36. The molecule has 0 amide bonds. The molecule has 1 aromatic carbocycles. The van der Waals surface area contributed by atoms with Gasteiger partial charge in [-0.15, -0.1) is 0 Å². The summed E-state index contributed by atoms with van der Waals surface area (Å²) in [6.45, 7) is 8.94. The molecule has 2 nitrogen and oxygen atoms in total. The molecule has 2 rings (SSSR count). The lowest BCUT2D eigenvalue weighted by molar-refractivity contribution is 0.549. The summed E-state index contributed by atoms with van der Waals surface area (Å²) in [4.78, 5) is 0. The van der Waals surface area contributed by atoms with E-state index in [0.29, 0.717) is 10.5 Å². The highest BCUT2D eigenvalue weighted by molar-refractivity contribution is 8.07. The first kappa shape index (κ1) is 15.2. The zero-order valence-electron chi connectivity index (χ0n) is 12.1. The summed E-state index contributed by atoms with van der Waals surface area (Å²) < 4.78 is 0. The minimum atomic E-state index is 0.242. The van der Waals surface area contributed by atoms with Gasteiger partial charge in [-0.25, -0.2) is 0 Å². The van der Waals surface area contributed by atoms with Gasteiger partial charge in [-0.2, -0.15) is 23.5 Å². The smallest absolute Gasteiger partial charge is 0.0586 e. The van der Waals surface area contributed by atoms with Crippen molar-refractivity contribution in [1.29, 1.82) is 0 Å². The van der Waals surface area contributed by atoms with Crippen molar-refractivity contribution in [2.45, 2.75) is 49.5 Å². The summed E-state index contributed by atoms with van der Waals surface area (Å²) in [5.74, 6) is 7.01. The van der Waals surface area contributed by atoms with Gasteiger partial charge in [0.1, 0.15) is 0 Å². The van der Waals surface area contributed by atoms with Gasteiger partial charge < -0.3 is 0 Å². The Labute approximate surface area is 125 Å². The second-order valence-corrected chi connectivity index (χ2v) is 8.51. The van der Waals surface area contributed by atoms with Gasteiger partial charge in [-0.3, -0.25) is 11.3 Å². The van der Waals surface area contributed by atoms with Gasteiger partial charge >= 0.3 is 0 Å². The van der Waals surface area contributed by atoms with Crippen molar-refractivity contribution < 1.29 is 0 Å². The second kappa shape index (κ2) is 6.53.